The van der Waals surface area contributed by atoms with Gasteiger partial charge in [0.1, 0.15) is 10.2 Å². The normalized spacial score (nSPS) is 11.5. The molecule has 130 valence electrons. The van der Waals surface area contributed by atoms with Gasteiger partial charge in [-0.1, -0.05) is 23.9 Å². The molecule has 0 amide bonds. The van der Waals surface area contributed by atoms with Crippen LogP contribution in [0.2, 0.25) is 0 Å². The van der Waals surface area contributed by atoms with E-state index < -0.39 is 0 Å². The van der Waals surface area contributed by atoms with Crippen molar-refractivity contribution in [3.05, 3.63) is 47.2 Å². The molecule has 24 heavy (non-hydrogen) atoms. The van der Waals surface area contributed by atoms with E-state index in [4.69, 9.17) is 0 Å². The lowest BCUT2D eigenvalue weighted by Gasteiger charge is -2.11. The number of thiazole rings is 1. The number of hydrogen-bond donors (Lipinski definition) is 2. The topological polar surface area (TPSA) is 49.3 Å². The minimum atomic E-state index is -0.197. The highest BCUT2D eigenvalue weighted by atomic mass is 32.2. The number of aromatic nitrogens is 1. The third-order valence-corrected chi connectivity index (χ3v) is 5.22. The molecule has 1 aromatic heterocycles. The molecule has 2 rings (SSSR count). The fourth-order valence-electron chi connectivity index (χ4n) is 2.01. The van der Waals surface area contributed by atoms with Crippen LogP contribution in [0.15, 0.2) is 45.2 Å². The Bertz CT molecular complexity index is 600. The highest BCUT2D eigenvalue weighted by Crippen LogP contribution is 2.20. The van der Waals surface area contributed by atoms with Crippen LogP contribution in [0.1, 0.15) is 18.9 Å². The van der Waals surface area contributed by atoms with Gasteiger partial charge >= 0.3 is 0 Å². The molecule has 1 aromatic carbocycles. The van der Waals surface area contributed by atoms with Crippen LogP contribution in [0.3, 0.4) is 0 Å². The summed E-state index contributed by atoms with van der Waals surface area (Å²) >= 11 is 3.45. The lowest BCUT2D eigenvalue weighted by atomic mass is 10.1. The summed E-state index contributed by atoms with van der Waals surface area (Å²) in [6.45, 7) is 4.43. The first-order valence-corrected chi connectivity index (χ1v) is 9.93. The molecule has 0 saturated carbocycles. The van der Waals surface area contributed by atoms with Crippen LogP contribution in [0.25, 0.3) is 0 Å². The number of benzene rings is 1. The minimum Gasteiger partial charge on any atom is -0.357 e. The molecular weight excluding hydrogens is 343 g/mol. The van der Waals surface area contributed by atoms with Gasteiger partial charge in [-0.2, -0.15) is 0 Å². The van der Waals surface area contributed by atoms with E-state index in [0.717, 1.165) is 54.1 Å². The second-order valence-corrected chi connectivity index (χ2v) is 7.30. The molecule has 7 heteroatoms. The van der Waals surface area contributed by atoms with Crippen molar-refractivity contribution in [3.63, 3.8) is 0 Å². The minimum absolute atomic E-state index is 0.197. The van der Waals surface area contributed by atoms with E-state index >= 15 is 0 Å². The monoisotopic (exact) mass is 366 g/mol. The van der Waals surface area contributed by atoms with E-state index in [-0.39, 0.29) is 5.82 Å². The van der Waals surface area contributed by atoms with E-state index in [1.54, 1.807) is 23.1 Å². The van der Waals surface area contributed by atoms with Crippen molar-refractivity contribution in [1.82, 2.24) is 15.6 Å². The Morgan fingerprint density at radius 1 is 1.29 bits per heavy atom. The van der Waals surface area contributed by atoms with Crippen molar-refractivity contribution in [2.45, 2.75) is 24.1 Å². The maximum Gasteiger partial charge on any atom is 0.191 e. The molecule has 0 radical (unpaired) electrons. The Morgan fingerprint density at radius 3 is 2.83 bits per heavy atom. The molecule has 1 heterocycles. The van der Waals surface area contributed by atoms with Crippen molar-refractivity contribution in [3.8, 4) is 0 Å². The van der Waals surface area contributed by atoms with Gasteiger partial charge in [0, 0.05) is 37.0 Å². The quantitative estimate of drug-likeness (QED) is 0.308. The Balaban J connectivity index is 1.66. The van der Waals surface area contributed by atoms with Gasteiger partial charge in [0.25, 0.3) is 0 Å². The summed E-state index contributed by atoms with van der Waals surface area (Å²) in [6.07, 6.45) is 3.68. The molecule has 0 aliphatic rings. The van der Waals surface area contributed by atoms with Gasteiger partial charge < -0.3 is 10.6 Å². The SMILES string of the molecule is CCNC(=NCCCSc1nccs1)NCCc1ccc(F)cc1. The molecule has 0 saturated heterocycles. The molecule has 0 atom stereocenters. The van der Waals surface area contributed by atoms with Crippen molar-refractivity contribution in [1.29, 1.82) is 0 Å². The Kier molecular flexibility index (Phi) is 8.62. The van der Waals surface area contributed by atoms with Crippen LogP contribution in [0, 0.1) is 5.82 Å². The van der Waals surface area contributed by atoms with Crippen LogP contribution < -0.4 is 10.6 Å². The number of hydrogen-bond acceptors (Lipinski definition) is 4. The molecule has 0 bridgehead atoms. The second-order valence-electron chi connectivity index (χ2n) is 5.06. The number of guanidine groups is 1. The molecule has 0 unspecified atom stereocenters. The fraction of sp³-hybridized carbons (Fsp3) is 0.412. The average molecular weight is 367 g/mol. The predicted octanol–water partition coefficient (Wildman–Crippen LogP) is 3.56. The van der Waals surface area contributed by atoms with E-state index in [1.807, 2.05) is 23.7 Å². The zero-order valence-electron chi connectivity index (χ0n) is 13.8. The largest absolute Gasteiger partial charge is 0.357 e. The van der Waals surface area contributed by atoms with Gasteiger partial charge in [-0.3, -0.25) is 4.99 Å². The van der Waals surface area contributed by atoms with Crippen molar-refractivity contribution >= 4 is 29.1 Å². The molecule has 2 aromatic rings. The average Bonchev–Trinajstić information content (AvgIpc) is 3.10. The fourth-order valence-corrected chi connectivity index (χ4v) is 3.65. The highest BCUT2D eigenvalue weighted by Gasteiger charge is 1.99. The lowest BCUT2D eigenvalue weighted by Crippen LogP contribution is -2.38. The van der Waals surface area contributed by atoms with E-state index in [9.17, 15) is 4.39 Å². The van der Waals surface area contributed by atoms with Crippen LogP contribution in [-0.2, 0) is 6.42 Å². The summed E-state index contributed by atoms with van der Waals surface area (Å²) in [5.41, 5.74) is 1.11. The van der Waals surface area contributed by atoms with Gasteiger partial charge in [0.05, 0.1) is 0 Å². The van der Waals surface area contributed by atoms with Crippen molar-refractivity contribution in [2.24, 2.45) is 4.99 Å². The Labute approximate surface area is 151 Å². The summed E-state index contributed by atoms with van der Waals surface area (Å²) in [4.78, 5) is 8.83. The third kappa shape index (κ3) is 7.31. The summed E-state index contributed by atoms with van der Waals surface area (Å²) < 4.78 is 14.0. The van der Waals surface area contributed by atoms with Gasteiger partial charge in [-0.25, -0.2) is 9.37 Å². The number of rotatable bonds is 9. The number of aliphatic imine (C=N–C) groups is 1. The summed E-state index contributed by atoms with van der Waals surface area (Å²) in [7, 11) is 0. The molecule has 0 fully saturated rings. The van der Waals surface area contributed by atoms with Crippen molar-refractivity contribution < 1.29 is 4.39 Å². The summed E-state index contributed by atoms with van der Waals surface area (Å²) in [5, 5.41) is 8.56. The molecule has 0 aliphatic heterocycles. The lowest BCUT2D eigenvalue weighted by molar-refractivity contribution is 0.626. The van der Waals surface area contributed by atoms with E-state index in [1.165, 1.54) is 12.1 Å². The van der Waals surface area contributed by atoms with Crippen LogP contribution in [0.5, 0.6) is 0 Å². The van der Waals surface area contributed by atoms with Crippen molar-refractivity contribution in [2.75, 3.05) is 25.4 Å². The maximum absolute atomic E-state index is 12.9. The Morgan fingerprint density at radius 2 is 2.12 bits per heavy atom. The molecule has 0 aliphatic carbocycles. The smallest absolute Gasteiger partial charge is 0.191 e. The second kappa shape index (κ2) is 11.0. The van der Waals surface area contributed by atoms with Crippen LogP contribution >= 0.6 is 23.1 Å². The molecule has 2 N–H and O–H groups in total. The predicted molar refractivity (Wildman–Crippen MR) is 102 cm³/mol. The number of nitrogens with zero attached hydrogens (tertiary/aromatic N) is 2. The molecule has 0 spiro atoms. The summed E-state index contributed by atoms with van der Waals surface area (Å²) in [6, 6.07) is 6.62. The van der Waals surface area contributed by atoms with Gasteiger partial charge in [-0.05, 0) is 37.5 Å². The molecular formula is C17H23FN4S2. The molecule has 4 nitrogen and oxygen atoms in total. The van der Waals surface area contributed by atoms with E-state index in [0.29, 0.717) is 0 Å². The first-order valence-electron chi connectivity index (χ1n) is 8.07. The number of thioether (sulfide) groups is 1. The maximum atomic E-state index is 12.9. The standard InChI is InChI=1S/C17H23FN4S2/c1-2-19-16(20-9-3-12-23-17-22-11-13-24-17)21-10-8-14-4-6-15(18)7-5-14/h4-7,11,13H,2-3,8-10,12H2,1H3,(H2,19,20,21). The first-order chi connectivity index (χ1) is 11.8. The third-order valence-electron chi connectivity index (χ3n) is 3.17. The highest BCUT2D eigenvalue weighted by molar-refractivity contribution is 8.00. The first kappa shape index (κ1) is 18.7. The van der Waals surface area contributed by atoms with Gasteiger partial charge in [-0.15, -0.1) is 11.3 Å². The van der Waals surface area contributed by atoms with Gasteiger partial charge in [0.15, 0.2) is 5.96 Å². The van der Waals surface area contributed by atoms with Crippen LogP contribution in [0.4, 0.5) is 4.39 Å². The zero-order chi connectivity index (χ0) is 17.0. The van der Waals surface area contributed by atoms with E-state index in [2.05, 4.69) is 27.5 Å². The number of nitrogens with one attached hydrogen (secondary N) is 2. The zero-order valence-corrected chi connectivity index (χ0v) is 15.4. The Hall–Kier alpha value is -1.60. The summed E-state index contributed by atoms with van der Waals surface area (Å²) in [5.74, 6) is 1.66. The van der Waals surface area contributed by atoms with Crippen LogP contribution in [-0.4, -0.2) is 36.3 Å². The van der Waals surface area contributed by atoms with Gasteiger partial charge in [0.2, 0.25) is 0 Å². The number of halogens is 1.